The van der Waals surface area contributed by atoms with Crippen molar-refractivity contribution in [3.05, 3.63) is 30.0 Å². The van der Waals surface area contributed by atoms with Gasteiger partial charge in [-0.15, -0.1) is 0 Å². The Hall–Kier alpha value is -1.81. The van der Waals surface area contributed by atoms with E-state index >= 15 is 0 Å². The van der Waals surface area contributed by atoms with E-state index in [0.717, 1.165) is 25.0 Å². The molecule has 0 spiro atoms. The Morgan fingerprint density at radius 3 is 3.06 bits per heavy atom. The highest BCUT2D eigenvalue weighted by Crippen LogP contribution is 2.29. The summed E-state index contributed by atoms with van der Waals surface area (Å²) in [5, 5.41) is 10.4. The Balaban J connectivity index is 2.20. The lowest BCUT2D eigenvalue weighted by Crippen LogP contribution is -2.01. The SMILES string of the molecule is O=Cc1cn(CC2CO2)c2cccc(O)c12. The molecule has 1 atom stereocenters. The van der Waals surface area contributed by atoms with Crippen LogP contribution in [0.5, 0.6) is 5.75 Å². The van der Waals surface area contributed by atoms with Crippen LogP contribution in [0.25, 0.3) is 10.9 Å². The molecular formula is C12H11NO3. The van der Waals surface area contributed by atoms with Gasteiger partial charge in [0.05, 0.1) is 30.2 Å². The number of phenolic OH excluding ortho intramolecular Hbond substituents is 1. The zero-order valence-electron chi connectivity index (χ0n) is 8.59. The fraction of sp³-hybridized carbons (Fsp3) is 0.250. The van der Waals surface area contributed by atoms with E-state index < -0.39 is 0 Å². The normalized spacial score (nSPS) is 18.9. The smallest absolute Gasteiger partial charge is 0.152 e. The predicted molar refractivity (Wildman–Crippen MR) is 58.7 cm³/mol. The van der Waals surface area contributed by atoms with Gasteiger partial charge in [0.25, 0.3) is 0 Å². The van der Waals surface area contributed by atoms with Crippen LogP contribution in [-0.2, 0) is 11.3 Å². The summed E-state index contributed by atoms with van der Waals surface area (Å²) in [6.45, 7) is 1.50. The summed E-state index contributed by atoms with van der Waals surface area (Å²) < 4.78 is 7.12. The van der Waals surface area contributed by atoms with Crippen molar-refractivity contribution in [2.75, 3.05) is 6.61 Å². The van der Waals surface area contributed by atoms with Crippen molar-refractivity contribution in [1.29, 1.82) is 0 Å². The van der Waals surface area contributed by atoms with Gasteiger partial charge in [0.15, 0.2) is 6.29 Å². The molecule has 0 radical (unpaired) electrons. The van der Waals surface area contributed by atoms with Crippen molar-refractivity contribution < 1.29 is 14.6 Å². The summed E-state index contributed by atoms with van der Waals surface area (Å²) in [6.07, 6.45) is 2.78. The molecule has 0 aliphatic carbocycles. The predicted octanol–water partition coefficient (Wildman–Crippen LogP) is 1.56. The maximum absolute atomic E-state index is 10.9. The lowest BCUT2D eigenvalue weighted by atomic mass is 10.2. The van der Waals surface area contributed by atoms with E-state index in [4.69, 9.17) is 4.74 Å². The van der Waals surface area contributed by atoms with Crippen LogP contribution in [0.2, 0.25) is 0 Å². The molecule has 0 saturated carbocycles. The van der Waals surface area contributed by atoms with Gasteiger partial charge < -0.3 is 14.4 Å². The van der Waals surface area contributed by atoms with Crippen LogP contribution in [0, 0.1) is 0 Å². The Labute approximate surface area is 92.1 Å². The van der Waals surface area contributed by atoms with Crippen LogP contribution < -0.4 is 0 Å². The molecule has 82 valence electrons. The molecule has 1 saturated heterocycles. The van der Waals surface area contributed by atoms with Crippen molar-refractivity contribution in [3.8, 4) is 5.75 Å². The van der Waals surface area contributed by atoms with Crippen LogP contribution in [0.3, 0.4) is 0 Å². The van der Waals surface area contributed by atoms with Crippen LogP contribution in [0.15, 0.2) is 24.4 Å². The van der Waals surface area contributed by atoms with Gasteiger partial charge in [-0.3, -0.25) is 4.79 Å². The molecule has 1 N–H and O–H groups in total. The summed E-state index contributed by atoms with van der Waals surface area (Å²) >= 11 is 0. The molecule has 0 bridgehead atoms. The maximum Gasteiger partial charge on any atom is 0.152 e. The van der Waals surface area contributed by atoms with Gasteiger partial charge in [0.1, 0.15) is 5.75 Å². The minimum absolute atomic E-state index is 0.148. The minimum Gasteiger partial charge on any atom is -0.507 e. The summed E-state index contributed by atoms with van der Waals surface area (Å²) in [7, 11) is 0. The number of aromatic hydroxyl groups is 1. The molecule has 0 amide bonds. The third-order valence-electron chi connectivity index (χ3n) is 2.84. The molecule has 4 nitrogen and oxygen atoms in total. The van der Waals surface area contributed by atoms with Crippen LogP contribution in [0.4, 0.5) is 0 Å². The van der Waals surface area contributed by atoms with Crippen molar-refractivity contribution in [2.45, 2.75) is 12.6 Å². The van der Waals surface area contributed by atoms with Crippen LogP contribution in [0.1, 0.15) is 10.4 Å². The maximum atomic E-state index is 10.9. The van der Waals surface area contributed by atoms with Crippen molar-refractivity contribution in [1.82, 2.24) is 4.57 Å². The lowest BCUT2D eigenvalue weighted by molar-refractivity contribution is 0.112. The summed E-state index contributed by atoms with van der Waals surface area (Å²) in [5.41, 5.74) is 1.39. The monoisotopic (exact) mass is 217 g/mol. The molecule has 3 rings (SSSR count). The molecule has 1 aliphatic heterocycles. The first-order valence-electron chi connectivity index (χ1n) is 5.17. The van der Waals surface area contributed by atoms with E-state index in [-0.39, 0.29) is 11.9 Å². The highest BCUT2D eigenvalue weighted by molar-refractivity contribution is 6.01. The average molecular weight is 217 g/mol. The molecular weight excluding hydrogens is 206 g/mol. The first-order chi connectivity index (χ1) is 7.79. The van der Waals surface area contributed by atoms with Gasteiger partial charge in [-0.1, -0.05) is 6.07 Å². The van der Waals surface area contributed by atoms with E-state index in [1.165, 1.54) is 0 Å². The molecule has 1 aromatic carbocycles. The topological polar surface area (TPSA) is 54.8 Å². The van der Waals surface area contributed by atoms with E-state index in [9.17, 15) is 9.90 Å². The number of epoxide rings is 1. The third-order valence-corrected chi connectivity index (χ3v) is 2.84. The second-order valence-corrected chi connectivity index (χ2v) is 3.98. The number of phenols is 1. The van der Waals surface area contributed by atoms with Gasteiger partial charge in [0, 0.05) is 11.8 Å². The number of nitrogens with zero attached hydrogens (tertiary/aromatic N) is 1. The number of carbonyl (C=O) groups is 1. The molecule has 2 heterocycles. The Kier molecular flexibility index (Phi) is 1.97. The first kappa shape index (κ1) is 9.42. The van der Waals surface area contributed by atoms with Gasteiger partial charge in [-0.25, -0.2) is 0 Å². The number of ether oxygens (including phenoxy) is 1. The van der Waals surface area contributed by atoms with Crippen molar-refractivity contribution in [3.63, 3.8) is 0 Å². The second kappa shape index (κ2) is 3.35. The minimum atomic E-state index is 0.148. The number of hydrogen-bond donors (Lipinski definition) is 1. The second-order valence-electron chi connectivity index (χ2n) is 3.98. The first-order valence-corrected chi connectivity index (χ1v) is 5.17. The van der Waals surface area contributed by atoms with Crippen molar-refractivity contribution >= 4 is 17.2 Å². The highest BCUT2D eigenvalue weighted by atomic mass is 16.6. The number of hydrogen-bond acceptors (Lipinski definition) is 3. The van der Waals surface area contributed by atoms with E-state index in [1.54, 1.807) is 18.3 Å². The fourth-order valence-electron chi connectivity index (χ4n) is 2.00. The fourth-order valence-corrected chi connectivity index (χ4v) is 2.00. The number of carbonyl (C=O) groups excluding carboxylic acids is 1. The van der Waals surface area contributed by atoms with Gasteiger partial charge in [-0.2, -0.15) is 0 Å². The lowest BCUT2D eigenvalue weighted by Gasteiger charge is -2.02. The molecule has 1 aromatic heterocycles. The zero-order chi connectivity index (χ0) is 11.1. The Morgan fingerprint density at radius 1 is 1.56 bits per heavy atom. The largest absolute Gasteiger partial charge is 0.507 e. The molecule has 1 aliphatic rings. The van der Waals surface area contributed by atoms with E-state index in [2.05, 4.69) is 0 Å². The highest BCUT2D eigenvalue weighted by Gasteiger charge is 2.24. The molecule has 16 heavy (non-hydrogen) atoms. The van der Waals surface area contributed by atoms with Crippen LogP contribution >= 0.6 is 0 Å². The van der Waals surface area contributed by atoms with Gasteiger partial charge in [-0.05, 0) is 12.1 Å². The van der Waals surface area contributed by atoms with E-state index in [1.807, 2.05) is 10.6 Å². The standard InChI is InChI=1S/C12H11NO3/c14-6-8-4-13(5-9-7-16-9)10-2-1-3-11(15)12(8)10/h1-4,6,9,15H,5,7H2. The van der Waals surface area contributed by atoms with Crippen molar-refractivity contribution in [2.24, 2.45) is 0 Å². The van der Waals surface area contributed by atoms with Gasteiger partial charge in [0.2, 0.25) is 0 Å². The van der Waals surface area contributed by atoms with E-state index in [0.29, 0.717) is 10.9 Å². The zero-order valence-corrected chi connectivity index (χ0v) is 8.59. The summed E-state index contributed by atoms with van der Waals surface area (Å²) in [5.74, 6) is 0.148. The molecule has 1 fully saturated rings. The third kappa shape index (κ3) is 1.39. The number of rotatable bonds is 3. The van der Waals surface area contributed by atoms with Crippen LogP contribution in [-0.4, -0.2) is 28.7 Å². The molecule has 2 aromatic rings. The van der Waals surface area contributed by atoms with Gasteiger partial charge >= 0.3 is 0 Å². The summed E-state index contributed by atoms with van der Waals surface area (Å²) in [4.78, 5) is 10.9. The molecule has 4 heteroatoms. The number of aldehydes is 1. The number of aromatic nitrogens is 1. The quantitative estimate of drug-likeness (QED) is 0.627. The Bertz CT molecular complexity index is 555. The number of benzene rings is 1. The average Bonchev–Trinajstić information content (AvgIpc) is 3.01. The Morgan fingerprint density at radius 2 is 2.38 bits per heavy atom. The molecule has 1 unspecified atom stereocenters. The number of fused-ring (bicyclic) bond motifs is 1. The summed E-state index contributed by atoms with van der Waals surface area (Å²) in [6, 6.07) is 5.26.